The summed E-state index contributed by atoms with van der Waals surface area (Å²) in [5.41, 5.74) is 0. The number of aliphatic carboxylic acids is 1. The standard InChI is InChI=1S/C12H12F8O4/c1-5(2)8(24-7(23)4-3-6(21)22)10(15,16)12(19,20)11(17,18)9(13)14/h3-5,8-9H,1-2H3,(H,21,22)/b4-3+. The molecule has 0 bridgehead atoms. The molecule has 0 saturated heterocycles. The van der Waals surface area contributed by atoms with Crippen molar-refractivity contribution < 1.29 is 54.6 Å². The fourth-order valence-electron chi connectivity index (χ4n) is 1.47. The van der Waals surface area contributed by atoms with Gasteiger partial charge in [-0.25, -0.2) is 18.4 Å². The molecule has 0 aliphatic rings. The summed E-state index contributed by atoms with van der Waals surface area (Å²) >= 11 is 0. The second-order valence-electron chi connectivity index (χ2n) is 4.89. The van der Waals surface area contributed by atoms with Crippen LogP contribution in [0.5, 0.6) is 0 Å². The number of esters is 1. The number of carboxylic acid groups (broad SMARTS) is 1. The van der Waals surface area contributed by atoms with Crippen molar-refractivity contribution in [2.75, 3.05) is 0 Å². The van der Waals surface area contributed by atoms with Crippen LogP contribution in [0.1, 0.15) is 13.8 Å². The first-order valence-electron chi connectivity index (χ1n) is 6.12. The molecule has 0 aromatic carbocycles. The summed E-state index contributed by atoms with van der Waals surface area (Å²) < 4.78 is 108. The molecule has 0 radical (unpaired) electrons. The highest BCUT2D eigenvalue weighted by molar-refractivity contribution is 5.90. The van der Waals surface area contributed by atoms with Crippen molar-refractivity contribution in [3.05, 3.63) is 12.2 Å². The van der Waals surface area contributed by atoms with E-state index in [0.717, 1.165) is 13.8 Å². The maximum atomic E-state index is 13.8. The van der Waals surface area contributed by atoms with E-state index >= 15 is 0 Å². The molecule has 0 fully saturated rings. The van der Waals surface area contributed by atoms with E-state index in [0.29, 0.717) is 0 Å². The molecule has 1 atom stereocenters. The summed E-state index contributed by atoms with van der Waals surface area (Å²) in [6, 6.07) is 0. The topological polar surface area (TPSA) is 63.6 Å². The fraction of sp³-hybridized carbons (Fsp3) is 0.667. The molecular formula is C12H12F8O4. The van der Waals surface area contributed by atoms with Gasteiger partial charge >= 0.3 is 36.1 Å². The van der Waals surface area contributed by atoms with E-state index in [-0.39, 0.29) is 12.2 Å². The molecule has 140 valence electrons. The van der Waals surface area contributed by atoms with Gasteiger partial charge in [-0.2, -0.15) is 26.3 Å². The minimum absolute atomic E-state index is 0.0667. The number of rotatable bonds is 8. The third kappa shape index (κ3) is 4.35. The quantitative estimate of drug-likeness (QED) is 0.403. The molecule has 4 nitrogen and oxygen atoms in total. The molecule has 0 rings (SSSR count). The molecule has 0 aromatic heterocycles. The van der Waals surface area contributed by atoms with E-state index in [2.05, 4.69) is 4.74 Å². The van der Waals surface area contributed by atoms with Gasteiger partial charge in [0, 0.05) is 12.2 Å². The molecular weight excluding hydrogens is 360 g/mol. The molecule has 0 saturated carbocycles. The number of halogens is 8. The number of alkyl halides is 8. The van der Waals surface area contributed by atoms with Gasteiger partial charge in [-0.05, 0) is 5.92 Å². The molecule has 24 heavy (non-hydrogen) atoms. The first-order chi connectivity index (χ1) is 10.6. The van der Waals surface area contributed by atoms with Gasteiger partial charge in [0.1, 0.15) is 0 Å². The first kappa shape index (κ1) is 22.1. The van der Waals surface area contributed by atoms with Crippen molar-refractivity contribution >= 4 is 11.9 Å². The Bertz CT molecular complexity index is 501. The Kier molecular flexibility index (Phi) is 6.77. The van der Waals surface area contributed by atoms with E-state index in [4.69, 9.17) is 5.11 Å². The minimum Gasteiger partial charge on any atom is -0.478 e. The van der Waals surface area contributed by atoms with Crippen LogP contribution in [0, 0.1) is 5.92 Å². The van der Waals surface area contributed by atoms with Gasteiger partial charge in [0.2, 0.25) is 0 Å². The lowest BCUT2D eigenvalue weighted by molar-refractivity contribution is -0.359. The number of hydrogen-bond acceptors (Lipinski definition) is 3. The average Bonchev–Trinajstić information content (AvgIpc) is 2.41. The van der Waals surface area contributed by atoms with Crippen LogP contribution in [-0.4, -0.2) is 47.3 Å². The van der Waals surface area contributed by atoms with Gasteiger partial charge in [-0.3, -0.25) is 0 Å². The molecule has 1 N–H and O–H groups in total. The smallest absolute Gasteiger partial charge is 0.381 e. The highest BCUT2D eigenvalue weighted by Crippen LogP contribution is 2.51. The highest BCUT2D eigenvalue weighted by atomic mass is 19.4. The Hall–Kier alpha value is -1.88. The number of ether oxygens (including phenoxy) is 1. The van der Waals surface area contributed by atoms with Crippen molar-refractivity contribution in [2.24, 2.45) is 5.92 Å². The van der Waals surface area contributed by atoms with Crippen LogP contribution in [0.25, 0.3) is 0 Å². The zero-order valence-corrected chi connectivity index (χ0v) is 12.1. The number of hydrogen-bond donors (Lipinski definition) is 1. The lowest BCUT2D eigenvalue weighted by Crippen LogP contribution is -2.63. The van der Waals surface area contributed by atoms with E-state index in [1.54, 1.807) is 0 Å². The van der Waals surface area contributed by atoms with E-state index < -0.39 is 48.2 Å². The lowest BCUT2D eigenvalue weighted by Gasteiger charge is -2.37. The Labute approximate surface area is 130 Å². The van der Waals surface area contributed by atoms with Crippen molar-refractivity contribution in [1.82, 2.24) is 0 Å². The van der Waals surface area contributed by atoms with Crippen LogP contribution in [-0.2, 0) is 14.3 Å². The van der Waals surface area contributed by atoms with Crippen molar-refractivity contribution in [1.29, 1.82) is 0 Å². The molecule has 0 aromatic rings. The van der Waals surface area contributed by atoms with Gasteiger partial charge in [-0.15, -0.1) is 0 Å². The van der Waals surface area contributed by atoms with Crippen LogP contribution < -0.4 is 0 Å². The summed E-state index contributed by atoms with van der Waals surface area (Å²) in [4.78, 5) is 21.3. The predicted molar refractivity (Wildman–Crippen MR) is 62.3 cm³/mol. The molecule has 0 spiro atoms. The second kappa shape index (κ2) is 7.34. The molecule has 0 aliphatic heterocycles. The first-order valence-corrected chi connectivity index (χ1v) is 6.12. The van der Waals surface area contributed by atoms with Crippen LogP contribution in [0.2, 0.25) is 0 Å². The lowest BCUT2D eigenvalue weighted by atomic mass is 9.92. The normalized spacial score (nSPS) is 15.2. The summed E-state index contributed by atoms with van der Waals surface area (Å²) in [6.45, 7) is 1.56. The van der Waals surface area contributed by atoms with Crippen molar-refractivity contribution in [2.45, 2.75) is 44.1 Å². The number of carbonyl (C=O) groups excluding carboxylic acids is 1. The minimum atomic E-state index is -6.54. The largest absolute Gasteiger partial charge is 0.478 e. The maximum absolute atomic E-state index is 13.8. The highest BCUT2D eigenvalue weighted by Gasteiger charge is 2.78. The Morgan fingerprint density at radius 2 is 1.42 bits per heavy atom. The molecule has 1 unspecified atom stereocenters. The summed E-state index contributed by atoms with van der Waals surface area (Å²) in [6.07, 6.45) is -8.14. The van der Waals surface area contributed by atoms with Gasteiger partial charge < -0.3 is 9.84 Å². The second-order valence-corrected chi connectivity index (χ2v) is 4.89. The average molecular weight is 372 g/mol. The zero-order valence-electron chi connectivity index (χ0n) is 12.1. The fourth-order valence-corrected chi connectivity index (χ4v) is 1.47. The van der Waals surface area contributed by atoms with Gasteiger partial charge in [0.25, 0.3) is 0 Å². The maximum Gasteiger partial charge on any atom is 0.381 e. The van der Waals surface area contributed by atoms with Crippen LogP contribution in [0.3, 0.4) is 0 Å². The van der Waals surface area contributed by atoms with Gasteiger partial charge in [0.05, 0.1) is 0 Å². The Morgan fingerprint density at radius 3 is 1.75 bits per heavy atom. The monoisotopic (exact) mass is 372 g/mol. The SMILES string of the molecule is CC(C)C(OC(=O)/C=C/C(=O)O)C(F)(F)C(F)(F)C(F)(F)C(F)F. The summed E-state index contributed by atoms with van der Waals surface area (Å²) in [7, 11) is 0. The van der Waals surface area contributed by atoms with Crippen molar-refractivity contribution in [3.63, 3.8) is 0 Å². The Balaban J connectivity index is 5.72. The van der Waals surface area contributed by atoms with E-state index in [9.17, 15) is 44.7 Å². The number of carboxylic acids is 1. The van der Waals surface area contributed by atoms with Gasteiger partial charge in [-0.1, -0.05) is 13.8 Å². The predicted octanol–water partition coefficient (Wildman–Crippen LogP) is 3.37. The Morgan fingerprint density at radius 1 is 0.958 bits per heavy atom. The van der Waals surface area contributed by atoms with Crippen molar-refractivity contribution in [3.8, 4) is 0 Å². The molecule has 12 heteroatoms. The van der Waals surface area contributed by atoms with Crippen LogP contribution >= 0.6 is 0 Å². The summed E-state index contributed by atoms with van der Waals surface area (Å²) in [5.74, 6) is -24.1. The van der Waals surface area contributed by atoms with Crippen LogP contribution in [0.4, 0.5) is 35.1 Å². The van der Waals surface area contributed by atoms with E-state index in [1.807, 2.05) is 0 Å². The third-order valence-electron chi connectivity index (χ3n) is 2.68. The third-order valence-corrected chi connectivity index (χ3v) is 2.68. The molecule has 0 aliphatic carbocycles. The molecule has 0 amide bonds. The van der Waals surface area contributed by atoms with E-state index in [1.165, 1.54) is 0 Å². The van der Waals surface area contributed by atoms with Crippen LogP contribution in [0.15, 0.2) is 12.2 Å². The van der Waals surface area contributed by atoms with Gasteiger partial charge in [0.15, 0.2) is 6.10 Å². The number of carbonyl (C=O) groups is 2. The molecule has 0 heterocycles. The summed E-state index contributed by atoms with van der Waals surface area (Å²) in [5, 5.41) is 8.22. The zero-order chi connectivity index (χ0) is 19.5.